The lowest BCUT2D eigenvalue weighted by Crippen LogP contribution is -2.48. The molecule has 0 radical (unpaired) electrons. The third-order valence-electron chi connectivity index (χ3n) is 3.22. The lowest BCUT2D eigenvalue weighted by Gasteiger charge is -2.32. The molecule has 0 aliphatic heterocycles. The van der Waals surface area contributed by atoms with Crippen molar-refractivity contribution in [1.29, 1.82) is 0 Å². The second-order valence-electron chi connectivity index (χ2n) is 5.12. The Balaban J connectivity index is 2.66. The molecule has 0 bridgehead atoms. The van der Waals surface area contributed by atoms with Crippen molar-refractivity contribution in [2.45, 2.75) is 19.4 Å². The van der Waals surface area contributed by atoms with Crippen molar-refractivity contribution in [2.24, 2.45) is 0 Å². The molecule has 1 N–H and O–H groups in total. The number of hydrogen-bond donors (Lipinski definition) is 1. The fraction of sp³-hybridized carbons (Fsp3) is 0.500. The summed E-state index contributed by atoms with van der Waals surface area (Å²) >= 11 is 0. The number of rotatable bonds is 5. The predicted octanol–water partition coefficient (Wildman–Crippen LogP) is 1.77. The molecular weight excluding hydrogens is 228 g/mol. The van der Waals surface area contributed by atoms with Gasteiger partial charge < -0.3 is 15.0 Å². The van der Waals surface area contributed by atoms with E-state index in [2.05, 4.69) is 24.1 Å². The highest BCUT2D eigenvalue weighted by Crippen LogP contribution is 2.13. The van der Waals surface area contributed by atoms with Crippen LogP contribution in [0, 0.1) is 0 Å². The zero-order chi connectivity index (χ0) is 13.8. The Morgan fingerprint density at radius 2 is 2.06 bits per heavy atom. The molecule has 4 heteroatoms. The Bertz CT molecular complexity index is 414. The molecule has 0 heterocycles. The number of benzene rings is 1. The van der Waals surface area contributed by atoms with Gasteiger partial charge in [-0.2, -0.15) is 0 Å². The van der Waals surface area contributed by atoms with Gasteiger partial charge in [-0.3, -0.25) is 4.79 Å². The van der Waals surface area contributed by atoms with Gasteiger partial charge in [0.2, 0.25) is 0 Å². The summed E-state index contributed by atoms with van der Waals surface area (Å²) in [5, 5.41) is 2.94. The van der Waals surface area contributed by atoms with E-state index < -0.39 is 0 Å². The van der Waals surface area contributed by atoms with Gasteiger partial charge >= 0.3 is 0 Å². The van der Waals surface area contributed by atoms with E-state index in [9.17, 15) is 4.79 Å². The van der Waals surface area contributed by atoms with Crippen molar-refractivity contribution in [2.75, 3.05) is 27.7 Å². The molecule has 0 saturated heterocycles. The lowest BCUT2D eigenvalue weighted by molar-refractivity contribution is 0.0919. The van der Waals surface area contributed by atoms with Crippen LogP contribution in [0.1, 0.15) is 24.2 Å². The Morgan fingerprint density at radius 3 is 2.61 bits per heavy atom. The molecule has 1 aromatic carbocycles. The summed E-state index contributed by atoms with van der Waals surface area (Å²) < 4.78 is 5.10. The molecule has 0 aliphatic carbocycles. The van der Waals surface area contributed by atoms with Crippen LogP contribution in [0.5, 0.6) is 5.75 Å². The van der Waals surface area contributed by atoms with Crippen LogP contribution in [0.15, 0.2) is 24.3 Å². The first-order valence-corrected chi connectivity index (χ1v) is 5.96. The van der Waals surface area contributed by atoms with Gasteiger partial charge in [0, 0.05) is 17.6 Å². The number of ether oxygens (including phenoxy) is 1. The number of hydrogen-bond acceptors (Lipinski definition) is 3. The second-order valence-corrected chi connectivity index (χ2v) is 5.12. The number of nitrogens with zero attached hydrogens (tertiary/aromatic N) is 1. The van der Waals surface area contributed by atoms with Crippen LogP contribution < -0.4 is 10.1 Å². The van der Waals surface area contributed by atoms with E-state index in [1.807, 2.05) is 26.2 Å². The average molecular weight is 250 g/mol. The molecule has 0 spiro atoms. The molecule has 0 atom stereocenters. The lowest BCUT2D eigenvalue weighted by atomic mass is 10.0. The fourth-order valence-corrected chi connectivity index (χ4v) is 1.32. The standard InChI is InChI=1S/C14H22N2O2/c1-14(2,16(3)4)10-15-13(17)11-7-6-8-12(9-11)18-5/h6-9H,10H2,1-5H3,(H,15,17). The van der Waals surface area contributed by atoms with Gasteiger partial charge in [-0.15, -0.1) is 0 Å². The van der Waals surface area contributed by atoms with E-state index in [4.69, 9.17) is 4.74 Å². The van der Waals surface area contributed by atoms with Crippen molar-refractivity contribution in [1.82, 2.24) is 10.2 Å². The third kappa shape index (κ3) is 3.74. The normalized spacial score (nSPS) is 11.4. The highest BCUT2D eigenvalue weighted by molar-refractivity contribution is 5.94. The second kappa shape index (κ2) is 5.87. The molecule has 100 valence electrons. The average Bonchev–Trinajstić information content (AvgIpc) is 2.36. The number of carbonyl (C=O) groups is 1. The number of methoxy groups -OCH3 is 1. The first-order valence-electron chi connectivity index (χ1n) is 5.96. The Labute approximate surface area is 109 Å². The molecule has 0 saturated carbocycles. The molecule has 0 aliphatic rings. The van der Waals surface area contributed by atoms with Crippen LogP contribution in [-0.4, -0.2) is 44.1 Å². The molecule has 1 amide bonds. The van der Waals surface area contributed by atoms with E-state index in [0.29, 0.717) is 17.9 Å². The largest absolute Gasteiger partial charge is 0.497 e. The van der Waals surface area contributed by atoms with Gasteiger partial charge in [-0.05, 0) is 46.1 Å². The van der Waals surface area contributed by atoms with Crippen LogP contribution in [0.3, 0.4) is 0 Å². The third-order valence-corrected chi connectivity index (χ3v) is 3.22. The quantitative estimate of drug-likeness (QED) is 0.866. The summed E-state index contributed by atoms with van der Waals surface area (Å²) in [6.07, 6.45) is 0. The minimum Gasteiger partial charge on any atom is -0.497 e. The maximum Gasteiger partial charge on any atom is 0.251 e. The number of amides is 1. The number of nitrogens with one attached hydrogen (secondary N) is 1. The summed E-state index contributed by atoms with van der Waals surface area (Å²) in [7, 11) is 5.58. The molecule has 1 aromatic rings. The zero-order valence-electron chi connectivity index (χ0n) is 11.8. The highest BCUT2D eigenvalue weighted by atomic mass is 16.5. The molecule has 18 heavy (non-hydrogen) atoms. The minimum atomic E-state index is -0.0798. The molecule has 1 rings (SSSR count). The maximum absolute atomic E-state index is 12.0. The van der Waals surface area contributed by atoms with Crippen molar-refractivity contribution in [3.8, 4) is 5.75 Å². The Kier molecular flexibility index (Phi) is 4.73. The number of carbonyl (C=O) groups excluding carboxylic acids is 1. The van der Waals surface area contributed by atoms with Crippen LogP contribution in [-0.2, 0) is 0 Å². The van der Waals surface area contributed by atoms with Gasteiger partial charge in [0.25, 0.3) is 5.91 Å². The van der Waals surface area contributed by atoms with Gasteiger partial charge in [-0.1, -0.05) is 6.07 Å². The van der Waals surface area contributed by atoms with E-state index in [0.717, 1.165) is 0 Å². The molecule has 0 fully saturated rings. The summed E-state index contributed by atoms with van der Waals surface area (Å²) in [6.45, 7) is 4.76. The Hall–Kier alpha value is -1.55. The van der Waals surface area contributed by atoms with Gasteiger partial charge in [-0.25, -0.2) is 0 Å². The van der Waals surface area contributed by atoms with E-state index >= 15 is 0 Å². The van der Waals surface area contributed by atoms with Crippen molar-refractivity contribution in [3.63, 3.8) is 0 Å². The SMILES string of the molecule is COc1cccc(C(=O)NCC(C)(C)N(C)C)c1. The smallest absolute Gasteiger partial charge is 0.251 e. The summed E-state index contributed by atoms with van der Waals surface area (Å²) in [4.78, 5) is 14.1. The molecule has 4 nitrogen and oxygen atoms in total. The predicted molar refractivity (Wildman–Crippen MR) is 73.1 cm³/mol. The topological polar surface area (TPSA) is 41.6 Å². The molecule has 0 unspecified atom stereocenters. The summed E-state index contributed by atoms with van der Waals surface area (Å²) in [5.41, 5.74) is 0.540. The van der Waals surface area contributed by atoms with E-state index in [-0.39, 0.29) is 11.4 Å². The first-order chi connectivity index (χ1) is 8.36. The van der Waals surface area contributed by atoms with Crippen LogP contribution in [0.4, 0.5) is 0 Å². The van der Waals surface area contributed by atoms with Gasteiger partial charge in [0.15, 0.2) is 0 Å². The van der Waals surface area contributed by atoms with Crippen LogP contribution in [0.2, 0.25) is 0 Å². The van der Waals surface area contributed by atoms with Gasteiger partial charge in [0.05, 0.1) is 7.11 Å². The van der Waals surface area contributed by atoms with Crippen LogP contribution >= 0.6 is 0 Å². The molecule has 0 aromatic heterocycles. The number of likely N-dealkylation sites (N-methyl/N-ethyl adjacent to an activating group) is 1. The van der Waals surface area contributed by atoms with Crippen LogP contribution in [0.25, 0.3) is 0 Å². The van der Waals surface area contributed by atoms with Crippen molar-refractivity contribution < 1.29 is 9.53 Å². The highest BCUT2D eigenvalue weighted by Gasteiger charge is 2.21. The molecular formula is C14H22N2O2. The summed E-state index contributed by atoms with van der Waals surface area (Å²) in [5.74, 6) is 0.610. The van der Waals surface area contributed by atoms with Gasteiger partial charge in [0.1, 0.15) is 5.75 Å². The fourth-order valence-electron chi connectivity index (χ4n) is 1.32. The Morgan fingerprint density at radius 1 is 1.39 bits per heavy atom. The maximum atomic E-state index is 12.0. The van der Waals surface area contributed by atoms with E-state index in [1.54, 1.807) is 19.2 Å². The van der Waals surface area contributed by atoms with Crippen molar-refractivity contribution in [3.05, 3.63) is 29.8 Å². The first kappa shape index (κ1) is 14.5. The monoisotopic (exact) mass is 250 g/mol. The minimum absolute atomic E-state index is 0.0749. The summed E-state index contributed by atoms with van der Waals surface area (Å²) in [6, 6.07) is 7.14. The van der Waals surface area contributed by atoms with E-state index in [1.165, 1.54) is 0 Å². The van der Waals surface area contributed by atoms with Crippen molar-refractivity contribution >= 4 is 5.91 Å². The zero-order valence-corrected chi connectivity index (χ0v) is 11.8.